The molecular weight excluding hydrogens is 232 g/mol. The van der Waals surface area contributed by atoms with E-state index in [1.54, 1.807) is 0 Å². The molecule has 0 saturated carbocycles. The zero-order valence-electron chi connectivity index (χ0n) is 12.7. The molecule has 1 aliphatic rings. The van der Waals surface area contributed by atoms with Crippen molar-refractivity contribution in [2.45, 2.75) is 58.0 Å². The SMILES string of the molecule is Cc1ccc(CC(N)C(C)(C)N2CCCCC2)cc1. The molecule has 1 unspecified atom stereocenters. The average molecular weight is 260 g/mol. The molecular formula is C17H28N2. The lowest BCUT2D eigenvalue weighted by Gasteiger charge is -2.44. The van der Waals surface area contributed by atoms with Crippen LogP contribution in [0.5, 0.6) is 0 Å². The normalized spacial score (nSPS) is 19.4. The first kappa shape index (κ1) is 14.5. The van der Waals surface area contributed by atoms with Gasteiger partial charge in [-0.25, -0.2) is 0 Å². The van der Waals surface area contributed by atoms with Crippen molar-refractivity contribution in [1.29, 1.82) is 0 Å². The minimum Gasteiger partial charge on any atom is -0.326 e. The monoisotopic (exact) mass is 260 g/mol. The second kappa shape index (κ2) is 6.06. The molecule has 1 fully saturated rings. The molecule has 1 aliphatic heterocycles. The largest absolute Gasteiger partial charge is 0.326 e. The van der Waals surface area contributed by atoms with Crippen molar-refractivity contribution < 1.29 is 0 Å². The molecule has 0 aliphatic carbocycles. The third kappa shape index (κ3) is 3.58. The van der Waals surface area contributed by atoms with Crippen LogP contribution in [0.25, 0.3) is 0 Å². The molecule has 0 bridgehead atoms. The number of hydrogen-bond acceptors (Lipinski definition) is 2. The summed E-state index contributed by atoms with van der Waals surface area (Å²) in [5.41, 5.74) is 9.26. The highest BCUT2D eigenvalue weighted by Gasteiger charge is 2.33. The maximum absolute atomic E-state index is 6.51. The Morgan fingerprint density at radius 3 is 2.26 bits per heavy atom. The molecule has 0 amide bonds. The number of hydrogen-bond donors (Lipinski definition) is 1. The summed E-state index contributed by atoms with van der Waals surface area (Å²) in [7, 11) is 0. The van der Waals surface area contributed by atoms with E-state index < -0.39 is 0 Å². The molecule has 2 nitrogen and oxygen atoms in total. The number of rotatable bonds is 4. The van der Waals surface area contributed by atoms with Crippen LogP contribution in [-0.4, -0.2) is 29.6 Å². The van der Waals surface area contributed by atoms with Crippen molar-refractivity contribution in [3.05, 3.63) is 35.4 Å². The fourth-order valence-corrected chi connectivity index (χ4v) is 2.93. The van der Waals surface area contributed by atoms with Crippen molar-refractivity contribution in [3.8, 4) is 0 Å². The number of nitrogens with zero attached hydrogens (tertiary/aromatic N) is 1. The van der Waals surface area contributed by atoms with E-state index in [9.17, 15) is 0 Å². The van der Waals surface area contributed by atoms with Crippen LogP contribution >= 0.6 is 0 Å². The van der Waals surface area contributed by atoms with Gasteiger partial charge in [-0.05, 0) is 58.7 Å². The third-order valence-corrected chi connectivity index (χ3v) is 4.65. The summed E-state index contributed by atoms with van der Waals surface area (Å²) in [4.78, 5) is 2.58. The average Bonchev–Trinajstić information content (AvgIpc) is 2.42. The molecule has 2 N–H and O–H groups in total. The minimum absolute atomic E-state index is 0.0886. The summed E-state index contributed by atoms with van der Waals surface area (Å²) in [5.74, 6) is 0. The number of nitrogens with two attached hydrogens (primary N) is 1. The first-order valence-electron chi connectivity index (χ1n) is 7.56. The highest BCUT2D eigenvalue weighted by Crippen LogP contribution is 2.24. The summed E-state index contributed by atoms with van der Waals surface area (Å²) in [6, 6.07) is 8.96. The van der Waals surface area contributed by atoms with Crippen molar-refractivity contribution in [2.24, 2.45) is 5.73 Å². The molecule has 1 saturated heterocycles. The van der Waals surface area contributed by atoms with Crippen LogP contribution in [0.4, 0.5) is 0 Å². The van der Waals surface area contributed by atoms with Gasteiger partial charge in [-0.15, -0.1) is 0 Å². The van der Waals surface area contributed by atoms with E-state index in [1.165, 1.54) is 43.5 Å². The van der Waals surface area contributed by atoms with Crippen LogP contribution in [0.3, 0.4) is 0 Å². The molecule has 1 atom stereocenters. The van der Waals surface area contributed by atoms with Crippen LogP contribution in [0.15, 0.2) is 24.3 Å². The third-order valence-electron chi connectivity index (χ3n) is 4.65. The quantitative estimate of drug-likeness (QED) is 0.901. The van der Waals surface area contributed by atoms with Crippen LogP contribution in [-0.2, 0) is 6.42 Å². The fourth-order valence-electron chi connectivity index (χ4n) is 2.93. The summed E-state index contributed by atoms with van der Waals surface area (Å²) >= 11 is 0. The maximum Gasteiger partial charge on any atom is 0.0307 e. The van der Waals surface area contributed by atoms with E-state index in [4.69, 9.17) is 5.73 Å². The number of piperidine rings is 1. The Hall–Kier alpha value is -0.860. The highest BCUT2D eigenvalue weighted by molar-refractivity contribution is 5.22. The van der Waals surface area contributed by atoms with E-state index in [0.717, 1.165) is 6.42 Å². The van der Waals surface area contributed by atoms with Crippen molar-refractivity contribution in [3.63, 3.8) is 0 Å². The Balaban J connectivity index is 2.00. The summed E-state index contributed by atoms with van der Waals surface area (Å²) in [6.45, 7) is 9.14. The molecule has 0 aromatic heterocycles. The van der Waals surface area contributed by atoms with Crippen LogP contribution in [0.2, 0.25) is 0 Å². The van der Waals surface area contributed by atoms with Crippen LogP contribution < -0.4 is 5.73 Å². The van der Waals surface area contributed by atoms with E-state index in [1.807, 2.05) is 0 Å². The van der Waals surface area contributed by atoms with Gasteiger partial charge in [0, 0.05) is 11.6 Å². The number of aryl methyl sites for hydroxylation is 1. The van der Waals surface area contributed by atoms with Crippen molar-refractivity contribution in [2.75, 3.05) is 13.1 Å². The predicted molar refractivity (Wildman–Crippen MR) is 82.4 cm³/mol. The summed E-state index contributed by atoms with van der Waals surface area (Å²) < 4.78 is 0. The van der Waals surface area contributed by atoms with E-state index >= 15 is 0 Å². The second-order valence-electron chi connectivity index (χ2n) is 6.50. The molecule has 106 valence electrons. The summed E-state index contributed by atoms with van der Waals surface area (Å²) in [6.07, 6.45) is 4.98. The van der Waals surface area contributed by atoms with Gasteiger partial charge in [-0.1, -0.05) is 36.2 Å². The van der Waals surface area contributed by atoms with Gasteiger partial charge < -0.3 is 5.73 Å². The Labute approximate surface area is 118 Å². The molecule has 0 radical (unpaired) electrons. The van der Waals surface area contributed by atoms with Crippen molar-refractivity contribution in [1.82, 2.24) is 4.90 Å². The highest BCUT2D eigenvalue weighted by atomic mass is 15.2. The predicted octanol–water partition coefficient (Wildman–Crippen LogP) is 3.13. The molecule has 1 heterocycles. The van der Waals surface area contributed by atoms with E-state index in [0.29, 0.717) is 0 Å². The van der Waals surface area contributed by atoms with E-state index in [2.05, 4.69) is 49.9 Å². The smallest absolute Gasteiger partial charge is 0.0307 e. The minimum atomic E-state index is 0.0886. The molecule has 2 rings (SSSR count). The lowest BCUT2D eigenvalue weighted by Crippen LogP contribution is -2.58. The molecule has 0 spiro atoms. The zero-order valence-corrected chi connectivity index (χ0v) is 12.7. The van der Waals surface area contributed by atoms with Gasteiger partial charge in [0.05, 0.1) is 0 Å². The molecule has 1 aromatic carbocycles. The van der Waals surface area contributed by atoms with Gasteiger partial charge in [0.2, 0.25) is 0 Å². The van der Waals surface area contributed by atoms with Crippen LogP contribution in [0, 0.1) is 6.92 Å². The van der Waals surface area contributed by atoms with Gasteiger partial charge in [-0.3, -0.25) is 4.90 Å². The van der Waals surface area contributed by atoms with Gasteiger partial charge in [0.1, 0.15) is 0 Å². The Bertz CT molecular complexity index is 388. The Kier molecular flexibility index (Phi) is 4.64. The van der Waals surface area contributed by atoms with Gasteiger partial charge in [0.15, 0.2) is 0 Å². The van der Waals surface area contributed by atoms with Gasteiger partial charge in [-0.2, -0.15) is 0 Å². The first-order valence-corrected chi connectivity index (χ1v) is 7.56. The zero-order chi connectivity index (χ0) is 13.9. The topological polar surface area (TPSA) is 29.3 Å². The van der Waals surface area contributed by atoms with Gasteiger partial charge >= 0.3 is 0 Å². The standard InChI is InChI=1S/C17H28N2/c1-14-7-9-15(10-8-14)13-16(18)17(2,3)19-11-5-4-6-12-19/h7-10,16H,4-6,11-13,18H2,1-3H3. The Morgan fingerprint density at radius 2 is 1.68 bits per heavy atom. The first-order chi connectivity index (χ1) is 9.00. The summed E-state index contributed by atoms with van der Waals surface area (Å²) in [5, 5.41) is 0. The second-order valence-corrected chi connectivity index (χ2v) is 6.50. The fraction of sp³-hybridized carbons (Fsp3) is 0.647. The molecule has 2 heteroatoms. The van der Waals surface area contributed by atoms with E-state index in [-0.39, 0.29) is 11.6 Å². The lowest BCUT2D eigenvalue weighted by molar-refractivity contribution is 0.0731. The van der Waals surface area contributed by atoms with Crippen molar-refractivity contribution >= 4 is 0 Å². The number of benzene rings is 1. The maximum atomic E-state index is 6.51. The lowest BCUT2D eigenvalue weighted by atomic mass is 9.86. The molecule has 1 aromatic rings. The Morgan fingerprint density at radius 1 is 1.11 bits per heavy atom. The van der Waals surface area contributed by atoms with Gasteiger partial charge in [0.25, 0.3) is 0 Å². The molecule has 19 heavy (non-hydrogen) atoms. The number of likely N-dealkylation sites (tertiary alicyclic amines) is 1. The van der Waals surface area contributed by atoms with Crippen LogP contribution in [0.1, 0.15) is 44.2 Å².